The van der Waals surface area contributed by atoms with E-state index in [4.69, 9.17) is 0 Å². The highest BCUT2D eigenvalue weighted by atomic mass is 19.4. The summed E-state index contributed by atoms with van der Waals surface area (Å²) in [7, 11) is 0. The Morgan fingerprint density at radius 2 is 2.05 bits per heavy atom. The first-order chi connectivity index (χ1) is 9.94. The molecule has 0 saturated carbocycles. The van der Waals surface area contributed by atoms with Crippen molar-refractivity contribution in [2.75, 3.05) is 39.3 Å². The lowest BCUT2D eigenvalue weighted by Crippen LogP contribution is -2.40. The van der Waals surface area contributed by atoms with Crippen molar-refractivity contribution in [3.05, 3.63) is 0 Å². The third-order valence-corrected chi connectivity index (χ3v) is 3.60. The molecule has 4 nitrogen and oxygen atoms in total. The molecule has 0 aliphatic carbocycles. The largest absolute Gasteiger partial charge is 0.390 e. The van der Waals surface area contributed by atoms with Crippen LogP contribution in [0, 0.1) is 5.92 Å². The molecule has 0 aromatic heterocycles. The van der Waals surface area contributed by atoms with Crippen LogP contribution in [0.2, 0.25) is 0 Å². The topological polar surface area (TPSA) is 39.7 Å². The van der Waals surface area contributed by atoms with Gasteiger partial charge in [-0.2, -0.15) is 13.2 Å². The summed E-state index contributed by atoms with van der Waals surface area (Å²) in [5, 5.41) is 5.74. The minimum absolute atomic E-state index is 0.138. The van der Waals surface area contributed by atoms with Crippen molar-refractivity contribution < 1.29 is 13.2 Å². The normalized spacial score (nSPS) is 21.4. The van der Waals surface area contributed by atoms with Gasteiger partial charge in [0.15, 0.2) is 5.96 Å². The van der Waals surface area contributed by atoms with Gasteiger partial charge in [-0.05, 0) is 38.8 Å². The summed E-state index contributed by atoms with van der Waals surface area (Å²) in [5.41, 5.74) is 0. The predicted octanol–water partition coefficient (Wildman–Crippen LogP) is 2.23. The van der Waals surface area contributed by atoms with Crippen LogP contribution in [0.15, 0.2) is 4.99 Å². The molecule has 7 heteroatoms. The molecule has 1 heterocycles. The number of likely N-dealkylation sites (tertiary alicyclic amines) is 1. The molecule has 0 aromatic carbocycles. The number of nitrogens with one attached hydrogen (secondary N) is 2. The van der Waals surface area contributed by atoms with Crippen LogP contribution in [-0.4, -0.2) is 56.3 Å². The van der Waals surface area contributed by atoms with E-state index in [1.54, 1.807) is 0 Å². The first-order valence-electron chi connectivity index (χ1n) is 7.76. The maximum Gasteiger partial charge on any atom is 0.390 e. The number of halogens is 3. The van der Waals surface area contributed by atoms with E-state index in [1.807, 2.05) is 6.92 Å². The summed E-state index contributed by atoms with van der Waals surface area (Å²) in [6, 6.07) is 0. The molecule has 1 unspecified atom stereocenters. The number of aliphatic imine (C=N–C) groups is 1. The summed E-state index contributed by atoms with van der Waals surface area (Å²) < 4.78 is 36.4. The third-order valence-electron chi connectivity index (χ3n) is 3.60. The van der Waals surface area contributed by atoms with E-state index in [9.17, 15) is 13.2 Å². The average Bonchev–Trinajstić information content (AvgIpc) is 2.43. The molecule has 2 N–H and O–H groups in total. The van der Waals surface area contributed by atoms with Crippen molar-refractivity contribution in [3.63, 3.8) is 0 Å². The van der Waals surface area contributed by atoms with Gasteiger partial charge in [-0.25, -0.2) is 0 Å². The number of hydrogen-bond donors (Lipinski definition) is 2. The zero-order valence-corrected chi connectivity index (χ0v) is 13.0. The van der Waals surface area contributed by atoms with E-state index >= 15 is 0 Å². The third kappa shape index (κ3) is 8.14. The SMILES string of the molecule is CCNC(=NCC1CCCN(CC)C1)NCCC(F)(F)F. The molecule has 0 spiro atoms. The molecule has 1 aliphatic heterocycles. The van der Waals surface area contributed by atoms with E-state index in [1.165, 1.54) is 6.42 Å². The zero-order chi connectivity index (χ0) is 15.7. The van der Waals surface area contributed by atoms with E-state index in [-0.39, 0.29) is 6.54 Å². The molecule has 1 rings (SSSR count). The van der Waals surface area contributed by atoms with Gasteiger partial charge in [0.05, 0.1) is 6.42 Å². The summed E-state index contributed by atoms with van der Waals surface area (Å²) in [5.74, 6) is 0.979. The van der Waals surface area contributed by atoms with Crippen LogP contribution in [0.3, 0.4) is 0 Å². The Morgan fingerprint density at radius 3 is 2.67 bits per heavy atom. The number of rotatable bonds is 6. The molecular formula is C14H27F3N4. The average molecular weight is 308 g/mol. The second-order valence-electron chi connectivity index (χ2n) is 5.41. The highest BCUT2D eigenvalue weighted by molar-refractivity contribution is 5.79. The molecule has 21 heavy (non-hydrogen) atoms. The second-order valence-corrected chi connectivity index (χ2v) is 5.41. The van der Waals surface area contributed by atoms with Crippen LogP contribution >= 0.6 is 0 Å². The van der Waals surface area contributed by atoms with Crippen molar-refractivity contribution in [3.8, 4) is 0 Å². The van der Waals surface area contributed by atoms with Crippen LogP contribution in [0.4, 0.5) is 13.2 Å². The van der Waals surface area contributed by atoms with Crippen LogP contribution in [0.25, 0.3) is 0 Å². The highest BCUT2D eigenvalue weighted by Crippen LogP contribution is 2.18. The molecule has 0 radical (unpaired) electrons. The van der Waals surface area contributed by atoms with Gasteiger partial charge >= 0.3 is 6.18 Å². The van der Waals surface area contributed by atoms with Crippen molar-refractivity contribution in [1.29, 1.82) is 0 Å². The van der Waals surface area contributed by atoms with Crippen LogP contribution in [-0.2, 0) is 0 Å². The van der Waals surface area contributed by atoms with Gasteiger partial charge in [-0.1, -0.05) is 6.92 Å². The minimum atomic E-state index is -4.13. The van der Waals surface area contributed by atoms with Gasteiger partial charge in [0.2, 0.25) is 0 Å². The van der Waals surface area contributed by atoms with Gasteiger partial charge in [0.25, 0.3) is 0 Å². The van der Waals surface area contributed by atoms with Crippen LogP contribution in [0.5, 0.6) is 0 Å². The summed E-state index contributed by atoms with van der Waals surface area (Å²) >= 11 is 0. The second kappa shape index (κ2) is 9.12. The molecule has 1 saturated heterocycles. The lowest BCUT2D eigenvalue weighted by atomic mass is 9.98. The Hall–Kier alpha value is -0.980. The summed E-state index contributed by atoms with van der Waals surface area (Å²) in [4.78, 5) is 6.82. The van der Waals surface area contributed by atoms with Gasteiger partial charge in [-0.15, -0.1) is 0 Å². The van der Waals surface area contributed by atoms with Crippen molar-refractivity contribution in [1.82, 2.24) is 15.5 Å². The molecular weight excluding hydrogens is 281 g/mol. The fourth-order valence-electron chi connectivity index (χ4n) is 2.47. The van der Waals surface area contributed by atoms with Crippen molar-refractivity contribution in [2.24, 2.45) is 10.9 Å². The summed E-state index contributed by atoms with van der Waals surface area (Å²) in [6.45, 7) is 8.43. The number of alkyl halides is 3. The minimum Gasteiger partial charge on any atom is -0.357 e. The molecule has 124 valence electrons. The van der Waals surface area contributed by atoms with E-state index < -0.39 is 12.6 Å². The van der Waals surface area contributed by atoms with Crippen LogP contribution in [0.1, 0.15) is 33.1 Å². The zero-order valence-electron chi connectivity index (χ0n) is 13.0. The van der Waals surface area contributed by atoms with Gasteiger partial charge in [0, 0.05) is 26.2 Å². The maximum absolute atomic E-state index is 12.1. The standard InChI is InChI=1S/C14H27F3N4/c1-3-18-13(19-8-7-14(15,16)17)20-10-12-6-5-9-21(4-2)11-12/h12H,3-11H2,1-2H3,(H2,18,19,20). The molecule has 0 amide bonds. The Morgan fingerprint density at radius 1 is 1.29 bits per heavy atom. The van der Waals surface area contributed by atoms with Crippen molar-refractivity contribution >= 4 is 5.96 Å². The van der Waals surface area contributed by atoms with E-state index in [0.29, 0.717) is 25.0 Å². The molecule has 1 aliphatic rings. The quantitative estimate of drug-likeness (QED) is 0.584. The lowest BCUT2D eigenvalue weighted by Gasteiger charge is -2.31. The van der Waals surface area contributed by atoms with Gasteiger partial charge in [-0.3, -0.25) is 4.99 Å². The van der Waals surface area contributed by atoms with E-state index in [2.05, 4.69) is 27.4 Å². The van der Waals surface area contributed by atoms with Crippen molar-refractivity contribution in [2.45, 2.75) is 39.3 Å². The summed E-state index contributed by atoms with van der Waals surface area (Å²) in [6.07, 6.45) is -2.66. The van der Waals surface area contributed by atoms with E-state index in [0.717, 1.165) is 26.1 Å². The monoisotopic (exact) mass is 308 g/mol. The number of guanidine groups is 1. The molecule has 0 aromatic rings. The molecule has 0 bridgehead atoms. The Kier molecular flexibility index (Phi) is 7.85. The first kappa shape index (κ1) is 18.1. The molecule has 1 fully saturated rings. The Bertz CT molecular complexity index is 318. The predicted molar refractivity (Wildman–Crippen MR) is 79.5 cm³/mol. The Labute approximate surface area is 125 Å². The van der Waals surface area contributed by atoms with Gasteiger partial charge in [0.1, 0.15) is 0 Å². The maximum atomic E-state index is 12.1. The number of hydrogen-bond acceptors (Lipinski definition) is 2. The molecule has 1 atom stereocenters. The fourth-order valence-corrected chi connectivity index (χ4v) is 2.47. The Balaban J connectivity index is 2.39. The highest BCUT2D eigenvalue weighted by Gasteiger charge is 2.26. The number of piperidine rings is 1. The fraction of sp³-hybridized carbons (Fsp3) is 0.929. The van der Waals surface area contributed by atoms with Crippen LogP contribution < -0.4 is 10.6 Å². The lowest BCUT2D eigenvalue weighted by molar-refractivity contribution is -0.132. The number of nitrogens with zero attached hydrogens (tertiary/aromatic N) is 2. The smallest absolute Gasteiger partial charge is 0.357 e. The van der Waals surface area contributed by atoms with Gasteiger partial charge < -0.3 is 15.5 Å². The first-order valence-corrected chi connectivity index (χ1v) is 7.76.